The minimum Gasteiger partial charge on any atom is -0.455 e. The highest BCUT2D eigenvalue weighted by atomic mass is 32.2. The molecule has 2 heterocycles. The molecule has 0 spiro atoms. The lowest BCUT2D eigenvalue weighted by molar-refractivity contribution is -0.148. The molecule has 6 nitrogen and oxygen atoms in total. The van der Waals surface area contributed by atoms with Crippen molar-refractivity contribution in [3.8, 4) is 0 Å². The SMILES string of the molecule is Cc1csc(=O)n1CCC(=O)OCC(=O)N1c2ccccc2SCC1c1ccccc1. The summed E-state index contributed by atoms with van der Waals surface area (Å²) in [7, 11) is 0. The molecule has 1 amide bonds. The van der Waals surface area contributed by atoms with E-state index < -0.39 is 5.97 Å². The molecule has 0 aliphatic carbocycles. The number of ether oxygens (including phenoxy) is 1. The van der Waals surface area contributed by atoms with Crippen LogP contribution in [0.1, 0.15) is 23.7 Å². The van der Waals surface area contributed by atoms with Crippen molar-refractivity contribution in [1.29, 1.82) is 0 Å². The fourth-order valence-corrected chi connectivity index (χ4v) is 5.51. The number of carbonyl (C=O) groups is 2. The van der Waals surface area contributed by atoms with Crippen molar-refractivity contribution in [2.75, 3.05) is 17.3 Å². The van der Waals surface area contributed by atoms with E-state index in [2.05, 4.69) is 0 Å². The second kappa shape index (κ2) is 9.53. The molecule has 8 heteroatoms. The average Bonchev–Trinajstić information content (AvgIpc) is 3.12. The van der Waals surface area contributed by atoms with Gasteiger partial charge >= 0.3 is 10.8 Å². The standard InChI is InChI=1S/C23H22N2O4S2/c1-16-14-31-23(28)24(16)12-11-22(27)29-13-21(26)25-18-9-5-6-10-20(18)30-15-19(25)17-7-3-2-4-8-17/h2-10,14,19H,11-13,15H2,1H3. The number of hydrogen-bond acceptors (Lipinski definition) is 6. The van der Waals surface area contributed by atoms with Crippen molar-refractivity contribution in [3.05, 3.63) is 80.9 Å². The lowest BCUT2D eigenvalue weighted by Crippen LogP contribution is -2.41. The summed E-state index contributed by atoms with van der Waals surface area (Å²) in [5, 5.41) is 1.76. The number of aryl methyl sites for hydroxylation is 1. The molecule has 0 N–H and O–H groups in total. The van der Waals surface area contributed by atoms with Crippen molar-refractivity contribution < 1.29 is 14.3 Å². The third-order valence-electron chi connectivity index (χ3n) is 5.16. The van der Waals surface area contributed by atoms with Crippen LogP contribution >= 0.6 is 23.1 Å². The van der Waals surface area contributed by atoms with Crippen molar-refractivity contribution in [3.63, 3.8) is 0 Å². The molecule has 1 aromatic heterocycles. The summed E-state index contributed by atoms with van der Waals surface area (Å²) in [6, 6.07) is 17.5. The van der Waals surface area contributed by atoms with Gasteiger partial charge in [-0.1, -0.05) is 53.8 Å². The number of aromatic nitrogens is 1. The summed E-state index contributed by atoms with van der Waals surface area (Å²) in [6.45, 7) is 1.73. The number of thiazole rings is 1. The molecule has 0 fully saturated rings. The zero-order valence-electron chi connectivity index (χ0n) is 17.0. The summed E-state index contributed by atoms with van der Waals surface area (Å²) in [5.41, 5.74) is 2.68. The molecule has 1 unspecified atom stereocenters. The van der Waals surface area contributed by atoms with Crippen LogP contribution in [0.4, 0.5) is 5.69 Å². The monoisotopic (exact) mass is 454 g/mol. The Hall–Kier alpha value is -2.84. The first-order valence-electron chi connectivity index (χ1n) is 9.94. The van der Waals surface area contributed by atoms with Crippen LogP contribution in [-0.2, 0) is 20.9 Å². The molecule has 0 bridgehead atoms. The highest BCUT2D eigenvalue weighted by Crippen LogP contribution is 2.43. The Bertz CT molecular complexity index is 1140. The molecule has 160 valence electrons. The third-order valence-corrected chi connectivity index (χ3v) is 7.18. The molecule has 2 aromatic carbocycles. The van der Waals surface area contributed by atoms with Crippen LogP contribution in [0.25, 0.3) is 0 Å². The van der Waals surface area contributed by atoms with E-state index in [-0.39, 0.29) is 36.4 Å². The van der Waals surface area contributed by atoms with Gasteiger partial charge in [-0.3, -0.25) is 19.3 Å². The van der Waals surface area contributed by atoms with E-state index in [0.29, 0.717) is 0 Å². The number of thioether (sulfide) groups is 1. The van der Waals surface area contributed by atoms with Gasteiger partial charge in [0.25, 0.3) is 5.91 Å². The normalized spacial score (nSPS) is 15.4. The number of rotatable bonds is 6. The van der Waals surface area contributed by atoms with Gasteiger partial charge in [0, 0.05) is 28.3 Å². The second-order valence-electron chi connectivity index (χ2n) is 7.17. The molecule has 1 aliphatic heterocycles. The first-order chi connectivity index (χ1) is 15.0. The maximum atomic E-state index is 13.2. The topological polar surface area (TPSA) is 68.6 Å². The van der Waals surface area contributed by atoms with Gasteiger partial charge in [0.05, 0.1) is 18.2 Å². The predicted octanol–water partition coefficient (Wildman–Crippen LogP) is 4.03. The van der Waals surface area contributed by atoms with Crippen molar-refractivity contribution in [2.45, 2.75) is 30.8 Å². The van der Waals surface area contributed by atoms with E-state index in [1.165, 1.54) is 4.57 Å². The number of hydrogen-bond donors (Lipinski definition) is 0. The van der Waals surface area contributed by atoms with E-state index in [1.807, 2.05) is 61.5 Å². The number of esters is 1. The van der Waals surface area contributed by atoms with E-state index in [0.717, 1.165) is 38.9 Å². The van der Waals surface area contributed by atoms with Gasteiger partial charge in [0.2, 0.25) is 0 Å². The molecule has 0 saturated heterocycles. The number of carbonyl (C=O) groups excluding carboxylic acids is 2. The molecule has 4 rings (SSSR count). The predicted molar refractivity (Wildman–Crippen MR) is 123 cm³/mol. The second-order valence-corrected chi connectivity index (χ2v) is 9.06. The Morgan fingerprint density at radius 2 is 1.84 bits per heavy atom. The van der Waals surface area contributed by atoms with Gasteiger partial charge in [-0.25, -0.2) is 0 Å². The molecular formula is C23H22N2O4S2. The summed E-state index contributed by atoms with van der Waals surface area (Å²) in [4.78, 5) is 39.9. The molecule has 1 aliphatic rings. The lowest BCUT2D eigenvalue weighted by Gasteiger charge is -2.37. The summed E-state index contributed by atoms with van der Waals surface area (Å²) in [5.74, 6) is -0.0400. The largest absolute Gasteiger partial charge is 0.455 e. The molecular weight excluding hydrogens is 432 g/mol. The highest BCUT2D eigenvalue weighted by Gasteiger charge is 2.32. The number of anilines is 1. The van der Waals surface area contributed by atoms with Gasteiger partial charge in [0.15, 0.2) is 6.61 Å². The average molecular weight is 455 g/mol. The number of amides is 1. The smallest absolute Gasteiger partial charge is 0.308 e. The maximum Gasteiger partial charge on any atom is 0.308 e. The zero-order chi connectivity index (χ0) is 21.8. The molecule has 0 radical (unpaired) electrons. The number of nitrogens with zero attached hydrogens (tertiary/aromatic N) is 2. The summed E-state index contributed by atoms with van der Waals surface area (Å²) >= 11 is 2.82. The lowest BCUT2D eigenvalue weighted by atomic mass is 10.1. The van der Waals surface area contributed by atoms with Gasteiger partial charge in [-0.15, -0.1) is 11.8 Å². The van der Waals surface area contributed by atoms with Crippen LogP contribution in [0.3, 0.4) is 0 Å². The maximum absolute atomic E-state index is 13.2. The quantitative estimate of drug-likeness (QED) is 0.526. The van der Waals surface area contributed by atoms with Crippen LogP contribution in [-0.4, -0.2) is 28.8 Å². The number of benzene rings is 2. The van der Waals surface area contributed by atoms with Gasteiger partial charge in [0.1, 0.15) is 0 Å². The Balaban J connectivity index is 1.46. The van der Waals surface area contributed by atoms with Crippen LogP contribution in [0.2, 0.25) is 0 Å². The Kier molecular flexibility index (Phi) is 6.58. The molecule has 31 heavy (non-hydrogen) atoms. The van der Waals surface area contributed by atoms with E-state index in [9.17, 15) is 14.4 Å². The van der Waals surface area contributed by atoms with E-state index in [4.69, 9.17) is 4.74 Å². The minimum atomic E-state index is -0.498. The third kappa shape index (κ3) is 4.75. The van der Waals surface area contributed by atoms with Gasteiger partial charge in [-0.2, -0.15) is 0 Å². The van der Waals surface area contributed by atoms with E-state index in [1.54, 1.807) is 22.0 Å². The Morgan fingerprint density at radius 3 is 2.58 bits per heavy atom. The molecule has 3 aromatic rings. The Labute approximate surface area is 188 Å². The van der Waals surface area contributed by atoms with Crippen molar-refractivity contribution in [1.82, 2.24) is 4.57 Å². The first kappa shape index (κ1) is 21.4. The zero-order valence-corrected chi connectivity index (χ0v) is 18.7. The number of fused-ring (bicyclic) bond motifs is 1. The Morgan fingerprint density at radius 1 is 1.10 bits per heavy atom. The molecule has 1 atom stereocenters. The number of para-hydroxylation sites is 1. The van der Waals surface area contributed by atoms with E-state index >= 15 is 0 Å². The van der Waals surface area contributed by atoms with Gasteiger partial charge < -0.3 is 9.30 Å². The van der Waals surface area contributed by atoms with Crippen molar-refractivity contribution >= 4 is 40.7 Å². The molecule has 0 saturated carbocycles. The highest BCUT2D eigenvalue weighted by molar-refractivity contribution is 7.99. The van der Waals surface area contributed by atoms with Crippen LogP contribution < -0.4 is 9.77 Å². The fourth-order valence-electron chi connectivity index (χ4n) is 3.58. The van der Waals surface area contributed by atoms with Crippen LogP contribution in [0.5, 0.6) is 0 Å². The van der Waals surface area contributed by atoms with Gasteiger partial charge in [-0.05, 0) is 24.6 Å². The van der Waals surface area contributed by atoms with Crippen molar-refractivity contribution in [2.24, 2.45) is 0 Å². The summed E-state index contributed by atoms with van der Waals surface area (Å²) in [6.07, 6.45) is 0.0410. The van der Waals surface area contributed by atoms with Crippen LogP contribution in [0.15, 0.2) is 69.7 Å². The first-order valence-corrected chi connectivity index (χ1v) is 11.8. The fraction of sp³-hybridized carbons (Fsp3) is 0.261. The summed E-state index contributed by atoms with van der Waals surface area (Å²) < 4.78 is 6.82. The minimum absolute atomic E-state index is 0.0410. The van der Waals surface area contributed by atoms with Crippen LogP contribution in [0, 0.1) is 6.92 Å².